The lowest BCUT2D eigenvalue weighted by atomic mass is 9.82. The van der Waals surface area contributed by atoms with Crippen molar-refractivity contribution in [2.45, 2.75) is 52.4 Å². The molecule has 0 aliphatic heterocycles. The second-order valence-corrected chi connectivity index (χ2v) is 9.71. The molecule has 0 saturated heterocycles. The van der Waals surface area contributed by atoms with Gasteiger partial charge >= 0.3 is 0 Å². The highest BCUT2D eigenvalue weighted by molar-refractivity contribution is 6.12. The van der Waals surface area contributed by atoms with E-state index in [9.17, 15) is 0 Å². The van der Waals surface area contributed by atoms with Crippen molar-refractivity contribution in [2.24, 2.45) is 0 Å². The molecule has 138 valence electrons. The Morgan fingerprint density at radius 3 is 1.56 bits per heavy atom. The minimum atomic E-state index is 0.128. The summed E-state index contributed by atoms with van der Waals surface area (Å²) in [6, 6.07) is 20.5. The van der Waals surface area contributed by atoms with Gasteiger partial charge < -0.3 is 4.98 Å². The molecule has 3 aromatic carbocycles. The Bertz CT molecular complexity index is 1050. The average molecular weight is 356 g/mol. The van der Waals surface area contributed by atoms with E-state index in [1.807, 2.05) is 6.20 Å². The topological polar surface area (TPSA) is 15.8 Å². The Labute approximate surface area is 162 Å². The Balaban J connectivity index is 2.15. The highest BCUT2D eigenvalue weighted by atomic mass is 14.7. The van der Waals surface area contributed by atoms with Crippen molar-refractivity contribution in [2.75, 3.05) is 0 Å². The first-order chi connectivity index (χ1) is 12.6. The molecule has 0 radical (unpaired) electrons. The van der Waals surface area contributed by atoms with Crippen molar-refractivity contribution in [3.05, 3.63) is 71.9 Å². The van der Waals surface area contributed by atoms with Gasteiger partial charge in [-0.3, -0.25) is 0 Å². The third kappa shape index (κ3) is 3.16. The molecule has 1 N–H and O–H groups in total. The minimum absolute atomic E-state index is 0.128. The maximum absolute atomic E-state index is 3.45. The first-order valence-electron chi connectivity index (χ1n) is 9.80. The number of H-pyrrole nitrogens is 1. The zero-order chi connectivity index (χ0) is 19.4. The maximum atomic E-state index is 3.45. The van der Waals surface area contributed by atoms with Crippen LogP contribution in [0.15, 0.2) is 60.8 Å². The second-order valence-electron chi connectivity index (χ2n) is 9.71. The molecule has 0 fully saturated rings. The summed E-state index contributed by atoms with van der Waals surface area (Å²) in [6.07, 6.45) is 2.02. The number of benzene rings is 3. The molecule has 0 aliphatic rings. The summed E-state index contributed by atoms with van der Waals surface area (Å²) in [4.78, 5) is 3.45. The number of fused-ring (bicyclic) bond motifs is 2. The lowest BCUT2D eigenvalue weighted by Crippen LogP contribution is -2.11. The van der Waals surface area contributed by atoms with Crippen molar-refractivity contribution in [1.29, 1.82) is 0 Å². The summed E-state index contributed by atoms with van der Waals surface area (Å²) < 4.78 is 0. The Morgan fingerprint density at radius 2 is 1.15 bits per heavy atom. The van der Waals surface area contributed by atoms with Gasteiger partial charge in [0.25, 0.3) is 0 Å². The van der Waals surface area contributed by atoms with Crippen LogP contribution in [0.2, 0.25) is 0 Å². The van der Waals surface area contributed by atoms with Gasteiger partial charge in [-0.05, 0) is 73.8 Å². The van der Waals surface area contributed by atoms with E-state index in [1.54, 1.807) is 0 Å². The molecule has 4 aromatic rings. The summed E-state index contributed by atoms with van der Waals surface area (Å²) in [6.45, 7) is 13.7. The van der Waals surface area contributed by atoms with Crippen LogP contribution in [0.1, 0.15) is 52.7 Å². The second kappa shape index (κ2) is 5.99. The van der Waals surface area contributed by atoms with E-state index in [-0.39, 0.29) is 10.8 Å². The Hall–Kier alpha value is -2.54. The van der Waals surface area contributed by atoms with Crippen LogP contribution in [0.3, 0.4) is 0 Å². The van der Waals surface area contributed by atoms with Crippen LogP contribution in [0, 0.1) is 0 Å². The van der Waals surface area contributed by atoms with Gasteiger partial charge in [-0.15, -0.1) is 0 Å². The van der Waals surface area contributed by atoms with E-state index >= 15 is 0 Å². The lowest BCUT2D eigenvalue weighted by molar-refractivity contribution is 0.591. The van der Waals surface area contributed by atoms with E-state index in [2.05, 4.69) is 101 Å². The average Bonchev–Trinajstić information content (AvgIpc) is 3.11. The molecule has 0 amide bonds. The molecule has 1 heteroatoms. The van der Waals surface area contributed by atoms with Crippen molar-refractivity contribution in [1.82, 2.24) is 4.98 Å². The third-order valence-electron chi connectivity index (χ3n) is 5.56. The zero-order valence-electron chi connectivity index (χ0n) is 17.3. The number of rotatable bonds is 1. The van der Waals surface area contributed by atoms with Crippen LogP contribution >= 0.6 is 0 Å². The fourth-order valence-electron chi connectivity index (χ4n) is 3.82. The molecule has 1 nitrogen and oxygen atoms in total. The summed E-state index contributed by atoms with van der Waals surface area (Å²) in [5, 5.41) is 5.24. The van der Waals surface area contributed by atoms with Crippen LogP contribution in [0.4, 0.5) is 0 Å². The number of nitrogens with one attached hydrogen (secondary N) is 1. The van der Waals surface area contributed by atoms with Crippen molar-refractivity contribution < 1.29 is 0 Å². The van der Waals surface area contributed by atoms with Crippen LogP contribution < -0.4 is 0 Å². The van der Waals surface area contributed by atoms with Crippen molar-refractivity contribution in [3.63, 3.8) is 0 Å². The van der Waals surface area contributed by atoms with Gasteiger partial charge in [0.1, 0.15) is 0 Å². The first kappa shape index (κ1) is 17.9. The van der Waals surface area contributed by atoms with Gasteiger partial charge in [0.2, 0.25) is 0 Å². The third-order valence-corrected chi connectivity index (χ3v) is 5.56. The van der Waals surface area contributed by atoms with Gasteiger partial charge in [-0.1, -0.05) is 65.8 Å². The van der Waals surface area contributed by atoms with Gasteiger partial charge in [0, 0.05) is 17.5 Å². The van der Waals surface area contributed by atoms with Gasteiger partial charge in [-0.25, -0.2) is 0 Å². The van der Waals surface area contributed by atoms with Gasteiger partial charge in [0.15, 0.2) is 0 Å². The summed E-state index contributed by atoms with van der Waals surface area (Å²) in [5.74, 6) is 0. The maximum Gasteiger partial charge on any atom is 0.0466 e. The molecular weight excluding hydrogens is 326 g/mol. The van der Waals surface area contributed by atoms with E-state index in [0.29, 0.717) is 0 Å². The number of aromatic nitrogens is 1. The number of hydrogen-bond donors (Lipinski definition) is 1. The smallest absolute Gasteiger partial charge is 0.0466 e. The van der Waals surface area contributed by atoms with E-state index in [0.717, 1.165) is 0 Å². The van der Waals surface area contributed by atoms with Crippen LogP contribution in [-0.4, -0.2) is 4.98 Å². The number of hydrogen-bond acceptors (Lipinski definition) is 0. The molecule has 0 unspecified atom stereocenters. The zero-order valence-corrected chi connectivity index (χ0v) is 17.3. The molecule has 4 rings (SSSR count). The molecule has 0 aliphatic carbocycles. The highest BCUT2D eigenvalue weighted by Crippen LogP contribution is 2.39. The standard InChI is InChI=1S/C26H29N/c1-25(2,3)19-11-9-17-14-18-10-12-20(26(4,5)6)16-22(18)24(21(17)15-19)23-8-7-13-27-23/h7-16,27H,1-6H3. The Kier molecular flexibility index (Phi) is 3.96. The largest absolute Gasteiger partial charge is 0.361 e. The molecule has 1 aromatic heterocycles. The fraction of sp³-hybridized carbons (Fsp3) is 0.308. The number of aromatic amines is 1. The predicted octanol–water partition coefficient (Wildman–Crippen LogP) is 7.58. The monoisotopic (exact) mass is 355 g/mol. The summed E-state index contributed by atoms with van der Waals surface area (Å²) in [5.41, 5.74) is 5.49. The van der Waals surface area contributed by atoms with Crippen LogP contribution in [0.5, 0.6) is 0 Å². The fourth-order valence-corrected chi connectivity index (χ4v) is 3.82. The van der Waals surface area contributed by atoms with E-state index in [4.69, 9.17) is 0 Å². The molecule has 27 heavy (non-hydrogen) atoms. The molecular formula is C26H29N. The lowest BCUT2D eigenvalue weighted by Gasteiger charge is -2.22. The molecule has 0 bridgehead atoms. The summed E-state index contributed by atoms with van der Waals surface area (Å²) >= 11 is 0. The predicted molar refractivity (Wildman–Crippen MR) is 119 cm³/mol. The van der Waals surface area contributed by atoms with Gasteiger partial charge in [-0.2, -0.15) is 0 Å². The summed E-state index contributed by atoms with van der Waals surface area (Å²) in [7, 11) is 0. The SMILES string of the molecule is CC(C)(C)c1ccc2cc3ccc(C(C)(C)C)cc3c(-c3ccc[nH]3)c2c1. The van der Waals surface area contributed by atoms with Crippen LogP contribution in [0.25, 0.3) is 32.8 Å². The van der Waals surface area contributed by atoms with Crippen molar-refractivity contribution >= 4 is 21.5 Å². The molecule has 0 spiro atoms. The molecule has 0 atom stereocenters. The van der Waals surface area contributed by atoms with Crippen molar-refractivity contribution in [3.8, 4) is 11.3 Å². The first-order valence-corrected chi connectivity index (χ1v) is 9.80. The minimum Gasteiger partial charge on any atom is -0.361 e. The quantitative estimate of drug-likeness (QED) is 0.339. The van der Waals surface area contributed by atoms with E-state index in [1.165, 1.54) is 43.9 Å². The normalized spacial score (nSPS) is 12.8. The van der Waals surface area contributed by atoms with Crippen LogP contribution in [-0.2, 0) is 10.8 Å². The van der Waals surface area contributed by atoms with E-state index < -0.39 is 0 Å². The van der Waals surface area contributed by atoms with Gasteiger partial charge in [0.05, 0.1) is 0 Å². The molecule has 1 heterocycles. The highest BCUT2D eigenvalue weighted by Gasteiger charge is 2.19. The molecule has 0 saturated carbocycles. The Morgan fingerprint density at radius 1 is 0.630 bits per heavy atom.